The van der Waals surface area contributed by atoms with Crippen molar-refractivity contribution >= 4 is 33.4 Å². The van der Waals surface area contributed by atoms with Crippen molar-refractivity contribution in [2.24, 2.45) is 12.0 Å². The number of aryl methyl sites for hydroxylation is 1. The fourth-order valence-electron chi connectivity index (χ4n) is 2.79. The largest absolute Gasteiger partial charge is 0.485 e. The summed E-state index contributed by atoms with van der Waals surface area (Å²) in [6.45, 7) is 0.112. The minimum Gasteiger partial charge on any atom is -0.485 e. The van der Waals surface area contributed by atoms with Crippen molar-refractivity contribution < 1.29 is 23.8 Å². The number of fused-ring (bicyclic) bond motifs is 2. The van der Waals surface area contributed by atoms with Crippen LogP contribution in [0.1, 0.15) is 10.4 Å². The van der Waals surface area contributed by atoms with Gasteiger partial charge in [-0.2, -0.15) is 4.99 Å². The van der Waals surface area contributed by atoms with Crippen LogP contribution < -0.4 is 14.3 Å². The van der Waals surface area contributed by atoms with E-state index in [0.717, 1.165) is 10.2 Å². The second kappa shape index (κ2) is 6.88. The number of para-hydroxylation sites is 2. The zero-order chi connectivity index (χ0) is 19.0. The zero-order valence-corrected chi connectivity index (χ0v) is 15.5. The number of thiazole rings is 1. The lowest BCUT2D eigenvalue weighted by Crippen LogP contribution is -2.36. The molecule has 0 saturated carbocycles. The van der Waals surface area contributed by atoms with Crippen LogP contribution in [0.5, 0.6) is 11.5 Å². The normalized spacial score (nSPS) is 16.4. The van der Waals surface area contributed by atoms with E-state index in [0.29, 0.717) is 21.9 Å². The molecule has 8 heteroatoms. The first kappa shape index (κ1) is 17.3. The van der Waals surface area contributed by atoms with Crippen LogP contribution in [0.4, 0.5) is 0 Å². The molecule has 27 heavy (non-hydrogen) atoms. The summed E-state index contributed by atoms with van der Waals surface area (Å²) in [5, 5.41) is 0. The lowest BCUT2D eigenvalue weighted by atomic mass is 10.2. The molecule has 1 atom stereocenters. The molecule has 1 aliphatic rings. The summed E-state index contributed by atoms with van der Waals surface area (Å²) < 4.78 is 18.7. The summed E-state index contributed by atoms with van der Waals surface area (Å²) >= 11 is 1.32. The monoisotopic (exact) mass is 384 g/mol. The number of hydrogen-bond acceptors (Lipinski definition) is 6. The van der Waals surface area contributed by atoms with Crippen LogP contribution in [-0.2, 0) is 16.6 Å². The molecule has 3 aromatic rings. The van der Waals surface area contributed by atoms with E-state index < -0.39 is 18.0 Å². The third-order valence-electron chi connectivity index (χ3n) is 4.22. The molecule has 2 heterocycles. The molecule has 2 aromatic carbocycles. The van der Waals surface area contributed by atoms with Gasteiger partial charge in [-0.3, -0.25) is 4.79 Å². The van der Waals surface area contributed by atoms with Gasteiger partial charge in [0.1, 0.15) is 6.61 Å². The molecule has 7 nitrogen and oxygen atoms in total. The van der Waals surface area contributed by atoms with Gasteiger partial charge in [0.15, 0.2) is 16.3 Å². The maximum atomic E-state index is 12.6. The number of methoxy groups -OCH3 is 1. The number of carbonyl (C=O) groups excluding carboxylic acids is 2. The lowest BCUT2D eigenvalue weighted by molar-refractivity contribution is -0.127. The molecule has 4 rings (SSSR count). The maximum absolute atomic E-state index is 12.6. The highest BCUT2D eigenvalue weighted by molar-refractivity contribution is 7.16. The third kappa shape index (κ3) is 3.19. The van der Waals surface area contributed by atoms with Crippen LogP contribution in [0.25, 0.3) is 10.2 Å². The molecule has 0 spiro atoms. The molecule has 1 aromatic heterocycles. The topological polar surface area (TPSA) is 79.1 Å². The molecule has 0 bridgehead atoms. The van der Waals surface area contributed by atoms with E-state index in [2.05, 4.69) is 4.99 Å². The first-order chi connectivity index (χ1) is 13.1. The first-order valence-electron chi connectivity index (χ1n) is 8.22. The van der Waals surface area contributed by atoms with Crippen LogP contribution in [0.3, 0.4) is 0 Å². The lowest BCUT2D eigenvalue weighted by Gasteiger charge is -2.23. The highest BCUT2D eigenvalue weighted by Crippen LogP contribution is 2.31. The molecule has 0 saturated heterocycles. The molecule has 1 amide bonds. The average molecular weight is 384 g/mol. The molecular weight excluding hydrogens is 368 g/mol. The highest BCUT2D eigenvalue weighted by atomic mass is 32.1. The Bertz CT molecular complexity index is 1110. The van der Waals surface area contributed by atoms with Crippen molar-refractivity contribution in [1.29, 1.82) is 0 Å². The summed E-state index contributed by atoms with van der Waals surface area (Å²) in [5.41, 5.74) is 1.32. The first-order valence-corrected chi connectivity index (χ1v) is 9.03. The second-order valence-corrected chi connectivity index (χ2v) is 6.94. The predicted molar refractivity (Wildman–Crippen MR) is 99.1 cm³/mol. The summed E-state index contributed by atoms with van der Waals surface area (Å²) in [6, 6.07) is 12.4. The summed E-state index contributed by atoms with van der Waals surface area (Å²) in [6.07, 6.45) is -0.796. The van der Waals surface area contributed by atoms with Crippen LogP contribution in [-0.4, -0.2) is 36.3 Å². The molecule has 0 radical (unpaired) electrons. The smallest absolute Gasteiger partial charge is 0.337 e. The third-order valence-corrected chi connectivity index (χ3v) is 5.31. The van der Waals surface area contributed by atoms with Gasteiger partial charge in [0.2, 0.25) is 6.10 Å². The van der Waals surface area contributed by atoms with Gasteiger partial charge < -0.3 is 18.8 Å². The number of benzene rings is 2. The van der Waals surface area contributed by atoms with E-state index in [-0.39, 0.29) is 6.61 Å². The van der Waals surface area contributed by atoms with Gasteiger partial charge in [-0.25, -0.2) is 4.79 Å². The SMILES string of the molecule is COC(=O)c1ccc2c(c1)sc(=NC(=O)C1COc3ccccc3O1)n2C. The molecule has 0 fully saturated rings. The van der Waals surface area contributed by atoms with Gasteiger partial charge in [0.25, 0.3) is 5.91 Å². The molecule has 1 aliphatic heterocycles. The summed E-state index contributed by atoms with van der Waals surface area (Å²) in [7, 11) is 3.15. The summed E-state index contributed by atoms with van der Waals surface area (Å²) in [4.78, 5) is 29.0. The van der Waals surface area contributed by atoms with Gasteiger partial charge in [0, 0.05) is 7.05 Å². The van der Waals surface area contributed by atoms with Crippen molar-refractivity contribution in [3.05, 3.63) is 52.8 Å². The minimum atomic E-state index is -0.796. The molecular formula is C19H16N2O5S. The quantitative estimate of drug-likeness (QED) is 0.634. The molecule has 1 unspecified atom stereocenters. The Hall–Kier alpha value is -3.13. The van der Waals surface area contributed by atoms with E-state index >= 15 is 0 Å². The van der Waals surface area contributed by atoms with Crippen LogP contribution >= 0.6 is 11.3 Å². The van der Waals surface area contributed by atoms with Crippen molar-refractivity contribution in [3.63, 3.8) is 0 Å². The van der Waals surface area contributed by atoms with Gasteiger partial charge in [-0.15, -0.1) is 0 Å². The van der Waals surface area contributed by atoms with Gasteiger partial charge in [-0.1, -0.05) is 23.5 Å². The van der Waals surface area contributed by atoms with E-state index in [1.54, 1.807) is 34.9 Å². The van der Waals surface area contributed by atoms with Crippen molar-refractivity contribution in [2.75, 3.05) is 13.7 Å². The van der Waals surface area contributed by atoms with E-state index in [1.807, 2.05) is 19.2 Å². The number of hydrogen-bond donors (Lipinski definition) is 0. The molecule has 0 N–H and O–H groups in total. The van der Waals surface area contributed by atoms with Crippen molar-refractivity contribution in [3.8, 4) is 11.5 Å². The number of aromatic nitrogens is 1. The highest BCUT2D eigenvalue weighted by Gasteiger charge is 2.27. The summed E-state index contributed by atoms with van der Waals surface area (Å²) in [5.74, 6) is 0.318. The average Bonchev–Trinajstić information content (AvgIpc) is 3.01. The Morgan fingerprint density at radius 1 is 1.22 bits per heavy atom. The van der Waals surface area contributed by atoms with Crippen LogP contribution in [0.15, 0.2) is 47.5 Å². The van der Waals surface area contributed by atoms with Gasteiger partial charge in [0.05, 0.1) is 22.9 Å². The molecule has 0 aliphatic carbocycles. The Kier molecular flexibility index (Phi) is 4.41. The van der Waals surface area contributed by atoms with E-state index in [1.165, 1.54) is 18.4 Å². The number of carbonyl (C=O) groups is 2. The van der Waals surface area contributed by atoms with Crippen molar-refractivity contribution in [1.82, 2.24) is 4.57 Å². The number of amides is 1. The predicted octanol–water partition coefficient (Wildman–Crippen LogP) is 2.29. The number of rotatable bonds is 2. The number of nitrogens with zero attached hydrogens (tertiary/aromatic N) is 2. The van der Waals surface area contributed by atoms with Crippen molar-refractivity contribution in [2.45, 2.75) is 6.10 Å². The number of esters is 1. The van der Waals surface area contributed by atoms with E-state index in [4.69, 9.17) is 14.2 Å². The molecule has 138 valence electrons. The Balaban J connectivity index is 1.65. The zero-order valence-electron chi connectivity index (χ0n) is 14.7. The number of ether oxygens (including phenoxy) is 3. The van der Waals surface area contributed by atoms with Crippen LogP contribution in [0, 0.1) is 0 Å². The fourth-order valence-corrected chi connectivity index (χ4v) is 3.86. The maximum Gasteiger partial charge on any atom is 0.337 e. The second-order valence-electron chi connectivity index (χ2n) is 5.93. The van der Waals surface area contributed by atoms with E-state index in [9.17, 15) is 9.59 Å². The Labute approximate surface area is 158 Å². The standard InChI is InChI=1S/C19H16N2O5S/c1-21-12-8-7-11(18(23)24-2)9-16(12)27-19(21)20-17(22)15-10-25-13-5-3-4-6-14(13)26-15/h3-9,15H,10H2,1-2H3. The Morgan fingerprint density at radius 3 is 2.78 bits per heavy atom. The van der Waals surface area contributed by atoms with Gasteiger partial charge in [-0.05, 0) is 30.3 Å². The minimum absolute atomic E-state index is 0.112. The fraction of sp³-hybridized carbons (Fsp3) is 0.211. The van der Waals surface area contributed by atoms with Gasteiger partial charge >= 0.3 is 5.97 Å². The van der Waals surface area contributed by atoms with Crippen LogP contribution in [0.2, 0.25) is 0 Å². The Morgan fingerprint density at radius 2 is 2.00 bits per heavy atom.